The first-order valence-electron chi connectivity index (χ1n) is 14.3. The number of benzene rings is 1. The third kappa shape index (κ3) is 11.4. The molecule has 3 rings (SSSR count). The van der Waals surface area contributed by atoms with E-state index in [4.69, 9.17) is 4.98 Å². The lowest BCUT2D eigenvalue weighted by molar-refractivity contribution is 0.821. The van der Waals surface area contributed by atoms with Gasteiger partial charge in [-0.3, -0.25) is 0 Å². The van der Waals surface area contributed by atoms with Crippen molar-refractivity contribution < 1.29 is 0 Å². The first-order valence-corrected chi connectivity index (χ1v) is 15.5. The summed E-state index contributed by atoms with van der Waals surface area (Å²) in [6.45, 7) is 13.2. The van der Waals surface area contributed by atoms with Gasteiger partial charge in [-0.15, -0.1) is 0 Å². The summed E-state index contributed by atoms with van der Waals surface area (Å²) < 4.78 is 0. The van der Waals surface area contributed by atoms with Gasteiger partial charge in [0.15, 0.2) is 0 Å². The Hall–Kier alpha value is -2.92. The van der Waals surface area contributed by atoms with Crippen LogP contribution in [0.1, 0.15) is 90.7 Å². The van der Waals surface area contributed by atoms with Crippen LogP contribution in [0.25, 0.3) is 11.0 Å². The molecule has 0 bridgehead atoms. The number of nitrogens with one attached hydrogen (secondary N) is 3. The molecule has 0 aliphatic carbocycles. The lowest BCUT2D eigenvalue weighted by Crippen LogP contribution is -2.15. The molecule has 0 spiro atoms. The molecule has 0 amide bonds. The van der Waals surface area contributed by atoms with Gasteiger partial charge in [0.1, 0.15) is 11.6 Å². The predicted octanol–water partition coefficient (Wildman–Crippen LogP) is 10.2. The molecule has 0 radical (unpaired) electrons. The number of rotatable bonds is 16. The molecule has 0 saturated carbocycles. The van der Waals surface area contributed by atoms with E-state index in [0.717, 1.165) is 72.0 Å². The molecule has 1 aromatic carbocycles. The van der Waals surface area contributed by atoms with Gasteiger partial charge in [0.05, 0.1) is 17.1 Å². The number of imidazole rings is 1. The summed E-state index contributed by atoms with van der Waals surface area (Å²) in [7, 11) is 0. The van der Waals surface area contributed by atoms with Crippen molar-refractivity contribution >= 4 is 28.6 Å². The number of thioether (sulfide) groups is 1. The Bertz CT molecular complexity index is 1250. The summed E-state index contributed by atoms with van der Waals surface area (Å²) in [6.07, 6.45) is 16.5. The fourth-order valence-electron chi connectivity index (χ4n) is 4.48. The van der Waals surface area contributed by atoms with Crippen LogP contribution in [0.4, 0.5) is 5.82 Å². The quantitative estimate of drug-likeness (QED) is 0.124. The summed E-state index contributed by atoms with van der Waals surface area (Å²) in [5.74, 6) is 3.95. The second kappa shape index (κ2) is 16.2. The van der Waals surface area contributed by atoms with E-state index in [-0.39, 0.29) is 6.04 Å². The van der Waals surface area contributed by atoms with Gasteiger partial charge in [-0.05, 0) is 104 Å². The zero-order valence-corrected chi connectivity index (χ0v) is 25.7. The van der Waals surface area contributed by atoms with E-state index < -0.39 is 0 Å². The fourth-order valence-corrected chi connectivity index (χ4v) is 5.49. The summed E-state index contributed by atoms with van der Waals surface area (Å²) in [4.78, 5) is 11.8. The van der Waals surface area contributed by atoms with Gasteiger partial charge in [0, 0.05) is 17.2 Å². The Morgan fingerprint density at radius 3 is 2.08 bits per heavy atom. The Morgan fingerprint density at radius 1 is 0.821 bits per heavy atom. The maximum Gasteiger partial charge on any atom is 0.130 e. The number of H-pyrrole nitrogens is 2. The van der Waals surface area contributed by atoms with Gasteiger partial charge in [0.2, 0.25) is 0 Å². The minimum absolute atomic E-state index is 0.102. The highest BCUT2D eigenvalue weighted by Gasteiger charge is 2.16. The molecule has 1 atom stereocenters. The first kappa shape index (κ1) is 30.6. The second-order valence-corrected chi connectivity index (χ2v) is 12.1. The highest BCUT2D eigenvalue weighted by molar-refractivity contribution is 7.99. The van der Waals surface area contributed by atoms with E-state index in [1.54, 1.807) is 0 Å². The maximum absolute atomic E-state index is 4.86. The zero-order valence-electron chi connectivity index (χ0n) is 24.9. The number of para-hydroxylation sites is 2. The summed E-state index contributed by atoms with van der Waals surface area (Å²) >= 11 is 1.94. The Balaban J connectivity index is 1.43. The number of aryl methyl sites for hydroxylation is 1. The number of nitrogens with zero attached hydrogens (tertiary/aromatic N) is 1. The molecule has 4 nitrogen and oxygen atoms in total. The molecule has 0 saturated heterocycles. The molecule has 3 aromatic rings. The third-order valence-electron chi connectivity index (χ3n) is 6.89. The van der Waals surface area contributed by atoms with Crippen LogP contribution in [0, 0.1) is 6.92 Å². The molecular weight excluding hydrogens is 496 g/mol. The van der Waals surface area contributed by atoms with Crippen LogP contribution in [0.3, 0.4) is 0 Å². The molecule has 0 fully saturated rings. The largest absolute Gasteiger partial charge is 0.361 e. The molecule has 5 heteroatoms. The SMILES string of the molecule is CC(C)=CCCC(C)=CCCC(C)=CCCC(C)=CCSCC(Nc1ccc(C)[nH]1)c1nc2ccccc2[nH]1. The van der Waals surface area contributed by atoms with Crippen LogP contribution in [-0.2, 0) is 0 Å². The third-order valence-corrected chi connectivity index (χ3v) is 7.86. The normalized spacial score (nSPS) is 13.6. The van der Waals surface area contributed by atoms with Crippen molar-refractivity contribution in [3.63, 3.8) is 0 Å². The predicted molar refractivity (Wildman–Crippen MR) is 174 cm³/mol. The number of aromatic nitrogens is 3. The van der Waals surface area contributed by atoms with Crippen LogP contribution in [0.15, 0.2) is 83.0 Å². The monoisotopic (exact) mass is 544 g/mol. The lowest BCUT2D eigenvalue weighted by Gasteiger charge is -2.16. The zero-order chi connectivity index (χ0) is 28.0. The van der Waals surface area contributed by atoms with Crippen molar-refractivity contribution in [3.05, 3.63) is 94.5 Å². The van der Waals surface area contributed by atoms with Gasteiger partial charge in [-0.2, -0.15) is 11.8 Å². The lowest BCUT2D eigenvalue weighted by atomic mass is 10.0. The van der Waals surface area contributed by atoms with Gasteiger partial charge < -0.3 is 15.3 Å². The van der Waals surface area contributed by atoms with E-state index in [1.807, 2.05) is 23.9 Å². The van der Waals surface area contributed by atoms with Crippen molar-refractivity contribution in [1.82, 2.24) is 15.0 Å². The molecule has 3 N–H and O–H groups in total. The Morgan fingerprint density at radius 2 is 1.46 bits per heavy atom. The van der Waals surface area contributed by atoms with Gasteiger partial charge in [-0.25, -0.2) is 4.98 Å². The number of hydrogen-bond acceptors (Lipinski definition) is 3. The van der Waals surface area contributed by atoms with Crippen LogP contribution >= 0.6 is 11.8 Å². The molecule has 39 heavy (non-hydrogen) atoms. The number of fused-ring (bicyclic) bond motifs is 1. The van der Waals surface area contributed by atoms with Crippen LogP contribution < -0.4 is 5.32 Å². The van der Waals surface area contributed by atoms with Crippen molar-refractivity contribution in [2.45, 2.75) is 86.1 Å². The minimum atomic E-state index is 0.102. The van der Waals surface area contributed by atoms with E-state index in [0.29, 0.717) is 0 Å². The fraction of sp³-hybridized carbons (Fsp3) is 0.441. The number of anilines is 1. The summed E-state index contributed by atoms with van der Waals surface area (Å²) in [6, 6.07) is 12.5. The van der Waals surface area contributed by atoms with Crippen molar-refractivity contribution in [2.75, 3.05) is 16.8 Å². The smallest absolute Gasteiger partial charge is 0.130 e. The number of hydrogen-bond donors (Lipinski definition) is 3. The molecule has 210 valence electrons. The molecule has 0 aliphatic rings. The second-order valence-electron chi connectivity index (χ2n) is 11.0. The van der Waals surface area contributed by atoms with Gasteiger partial charge >= 0.3 is 0 Å². The average Bonchev–Trinajstić information content (AvgIpc) is 3.51. The first-order chi connectivity index (χ1) is 18.8. The van der Waals surface area contributed by atoms with Crippen LogP contribution in [-0.4, -0.2) is 26.5 Å². The number of aromatic amines is 2. The molecule has 2 heterocycles. The summed E-state index contributed by atoms with van der Waals surface area (Å²) in [5, 5.41) is 3.64. The van der Waals surface area contributed by atoms with Gasteiger partial charge in [-0.1, -0.05) is 58.7 Å². The van der Waals surface area contributed by atoms with E-state index in [1.165, 1.54) is 28.7 Å². The molecule has 2 aromatic heterocycles. The highest BCUT2D eigenvalue weighted by Crippen LogP contribution is 2.24. The maximum atomic E-state index is 4.86. The highest BCUT2D eigenvalue weighted by atomic mass is 32.2. The Kier molecular flexibility index (Phi) is 12.8. The van der Waals surface area contributed by atoms with Crippen LogP contribution in [0.5, 0.6) is 0 Å². The summed E-state index contributed by atoms with van der Waals surface area (Å²) in [5.41, 5.74) is 9.14. The van der Waals surface area contributed by atoms with E-state index >= 15 is 0 Å². The Labute approximate surface area is 240 Å². The molecular formula is C34H48N4S. The van der Waals surface area contributed by atoms with Gasteiger partial charge in [0.25, 0.3) is 0 Å². The standard InChI is InChI=1S/C34H48N4S/c1-25(2)12-9-13-26(3)14-10-15-27(4)16-11-17-28(5)22-23-39-24-32(36-33-21-20-29(6)35-33)34-37-30-18-7-8-19-31(30)38-34/h7-8,12,14,16,18-22,32,35-36H,9-11,13,15,17,23-24H2,1-6H3,(H,37,38). The van der Waals surface area contributed by atoms with Crippen molar-refractivity contribution in [1.29, 1.82) is 0 Å². The van der Waals surface area contributed by atoms with Crippen LogP contribution in [0.2, 0.25) is 0 Å². The van der Waals surface area contributed by atoms with Crippen molar-refractivity contribution in [3.8, 4) is 0 Å². The molecule has 0 aliphatic heterocycles. The topological polar surface area (TPSA) is 56.5 Å². The number of allylic oxidation sites excluding steroid dienone is 7. The van der Waals surface area contributed by atoms with E-state index in [2.05, 4.69) is 105 Å². The average molecular weight is 545 g/mol. The minimum Gasteiger partial charge on any atom is -0.361 e. The van der Waals surface area contributed by atoms with Crippen molar-refractivity contribution in [2.24, 2.45) is 0 Å². The van der Waals surface area contributed by atoms with E-state index in [9.17, 15) is 0 Å². The molecule has 1 unspecified atom stereocenters.